The molecule has 1 aromatic rings. The summed E-state index contributed by atoms with van der Waals surface area (Å²) in [6.45, 7) is 22.4. The molecule has 0 aliphatic carbocycles. The fourth-order valence-corrected chi connectivity index (χ4v) is 3.83. The molecule has 1 aromatic carbocycles. The molecule has 0 unspecified atom stereocenters. The molecule has 0 aromatic heterocycles. The van der Waals surface area contributed by atoms with Crippen LogP contribution in [-0.2, 0) is 0 Å². The molecule has 0 saturated carbocycles. The highest BCUT2D eigenvalue weighted by Crippen LogP contribution is 2.16. The Labute approximate surface area is 197 Å². The predicted octanol–water partition coefficient (Wildman–Crippen LogP) is 5.65. The lowest BCUT2D eigenvalue weighted by molar-refractivity contribution is 0.0173. The molecule has 4 heteroatoms. The van der Waals surface area contributed by atoms with Gasteiger partial charge < -0.3 is 9.80 Å². The minimum Gasteiger partial charge on any atom is -0.336 e. The van der Waals surface area contributed by atoms with Crippen LogP contribution in [0.2, 0.25) is 0 Å². The van der Waals surface area contributed by atoms with Crippen molar-refractivity contribution < 1.29 is 4.79 Å². The Morgan fingerprint density at radius 1 is 1.00 bits per heavy atom. The molecule has 0 N–H and O–H groups in total. The molecule has 0 bridgehead atoms. The van der Waals surface area contributed by atoms with Crippen LogP contribution in [0.3, 0.4) is 0 Å². The van der Waals surface area contributed by atoms with Crippen LogP contribution >= 0.6 is 0 Å². The summed E-state index contributed by atoms with van der Waals surface area (Å²) in [5, 5.41) is 0. The number of nitrogens with zero attached hydrogens (tertiary/aromatic N) is 3. The summed E-state index contributed by atoms with van der Waals surface area (Å²) >= 11 is 0. The van der Waals surface area contributed by atoms with E-state index in [1.54, 1.807) is 0 Å². The predicted molar refractivity (Wildman–Crippen MR) is 139 cm³/mol. The van der Waals surface area contributed by atoms with E-state index in [0.717, 1.165) is 43.7 Å². The molecule has 3 rings (SSSR count). The first-order valence-corrected chi connectivity index (χ1v) is 12.1. The maximum atomic E-state index is 12.3. The minimum absolute atomic E-state index is 0.172. The topological polar surface area (TPSA) is 26.8 Å². The first kappa shape index (κ1) is 27.9. The molecule has 0 radical (unpaired) electrons. The van der Waals surface area contributed by atoms with Crippen LogP contribution in [0.5, 0.6) is 0 Å². The van der Waals surface area contributed by atoms with Crippen molar-refractivity contribution in [3.63, 3.8) is 0 Å². The number of hydrogen-bond acceptors (Lipinski definition) is 3. The summed E-state index contributed by atoms with van der Waals surface area (Å²) < 4.78 is 0. The van der Waals surface area contributed by atoms with Crippen LogP contribution in [-0.4, -0.2) is 73.0 Å². The number of amides is 1. The summed E-state index contributed by atoms with van der Waals surface area (Å²) in [6.07, 6.45) is 5.32. The Morgan fingerprint density at radius 3 is 2.00 bits per heavy atom. The van der Waals surface area contributed by atoms with Crippen molar-refractivity contribution in [1.82, 2.24) is 14.7 Å². The van der Waals surface area contributed by atoms with Crippen LogP contribution in [0.25, 0.3) is 0 Å². The average Bonchev–Trinajstić information content (AvgIpc) is 2.79. The summed E-state index contributed by atoms with van der Waals surface area (Å²) in [6, 6.07) is 10.3. The smallest absolute Gasteiger partial charge is 0.253 e. The Balaban J connectivity index is 0.000000340. The van der Waals surface area contributed by atoms with Crippen LogP contribution in [0.4, 0.5) is 0 Å². The van der Waals surface area contributed by atoms with E-state index >= 15 is 0 Å². The van der Waals surface area contributed by atoms with Gasteiger partial charge in [-0.2, -0.15) is 0 Å². The fourth-order valence-electron chi connectivity index (χ4n) is 3.83. The highest BCUT2D eigenvalue weighted by molar-refractivity contribution is 5.94. The van der Waals surface area contributed by atoms with Gasteiger partial charge in [-0.1, -0.05) is 68.8 Å². The Bertz CT molecular complexity index is 748. The minimum atomic E-state index is 0.172. The van der Waals surface area contributed by atoms with Crippen LogP contribution in [0, 0.1) is 0 Å². The second kappa shape index (κ2) is 14.8. The lowest BCUT2D eigenvalue weighted by atomic mass is 10.1. The van der Waals surface area contributed by atoms with Gasteiger partial charge in [-0.15, -0.1) is 0 Å². The number of hydrogen-bond donors (Lipinski definition) is 0. The Morgan fingerprint density at radius 2 is 1.56 bits per heavy atom. The zero-order valence-corrected chi connectivity index (χ0v) is 21.5. The van der Waals surface area contributed by atoms with Gasteiger partial charge in [0.2, 0.25) is 0 Å². The zero-order valence-electron chi connectivity index (χ0n) is 21.5. The van der Waals surface area contributed by atoms with Crippen molar-refractivity contribution >= 4 is 5.91 Å². The highest BCUT2D eigenvalue weighted by Gasteiger charge is 2.32. The number of carbonyl (C=O) groups is 1. The summed E-state index contributed by atoms with van der Waals surface area (Å²) in [7, 11) is 2.16. The molecule has 2 saturated heterocycles. The van der Waals surface area contributed by atoms with E-state index in [0.29, 0.717) is 6.04 Å². The molecule has 4 nitrogen and oxygen atoms in total. The van der Waals surface area contributed by atoms with E-state index in [1.807, 2.05) is 56.0 Å². The number of piperazine rings is 1. The third-order valence-corrected chi connectivity index (χ3v) is 5.78. The first-order chi connectivity index (χ1) is 15.3. The lowest BCUT2D eigenvalue weighted by Gasteiger charge is -2.46. The molecular formula is C28H45N3O. The maximum absolute atomic E-state index is 12.3. The van der Waals surface area contributed by atoms with E-state index < -0.39 is 0 Å². The molecule has 2 aliphatic heterocycles. The van der Waals surface area contributed by atoms with Crippen molar-refractivity contribution in [2.75, 3.05) is 46.3 Å². The van der Waals surface area contributed by atoms with Gasteiger partial charge >= 0.3 is 0 Å². The second-order valence-electron chi connectivity index (χ2n) is 8.63. The summed E-state index contributed by atoms with van der Waals surface area (Å²) in [5.74, 6) is 0.172. The van der Waals surface area contributed by atoms with Gasteiger partial charge in [-0.05, 0) is 51.9 Å². The molecule has 178 valence electrons. The van der Waals surface area contributed by atoms with E-state index in [4.69, 9.17) is 0 Å². The van der Waals surface area contributed by atoms with Gasteiger partial charge in [0.05, 0.1) is 0 Å². The van der Waals surface area contributed by atoms with Crippen molar-refractivity contribution in [2.45, 2.75) is 54.0 Å². The zero-order chi connectivity index (χ0) is 24.1. The largest absolute Gasteiger partial charge is 0.336 e. The summed E-state index contributed by atoms with van der Waals surface area (Å²) in [5.41, 5.74) is 4.72. The van der Waals surface area contributed by atoms with Crippen molar-refractivity contribution in [3.8, 4) is 0 Å². The lowest BCUT2D eigenvalue weighted by Crippen LogP contribution is -2.62. The van der Waals surface area contributed by atoms with Crippen molar-refractivity contribution in [2.24, 2.45) is 0 Å². The molecule has 2 fully saturated rings. The van der Waals surface area contributed by atoms with Gasteiger partial charge in [0.15, 0.2) is 0 Å². The number of likely N-dealkylation sites (N-methyl/N-ethyl adjacent to an activating group) is 1. The van der Waals surface area contributed by atoms with E-state index in [-0.39, 0.29) is 5.91 Å². The highest BCUT2D eigenvalue weighted by atomic mass is 16.2. The van der Waals surface area contributed by atoms with Crippen molar-refractivity contribution in [3.05, 3.63) is 71.3 Å². The third kappa shape index (κ3) is 9.13. The van der Waals surface area contributed by atoms with Gasteiger partial charge in [-0.3, -0.25) is 9.69 Å². The SMILES string of the molecule is C=C(C)/C=C\C(CC)=C(C)C.CC.CN1CC(N2CCN(C(=O)c3ccccc3)CC2)C1. The fraction of sp³-hybridized carbons (Fsp3) is 0.536. The Kier molecular flexibility index (Phi) is 12.9. The number of allylic oxidation sites excluding steroid dienone is 5. The van der Waals surface area contributed by atoms with Gasteiger partial charge in [0.1, 0.15) is 0 Å². The summed E-state index contributed by atoms with van der Waals surface area (Å²) in [4.78, 5) is 19.2. The molecule has 2 aliphatic rings. The van der Waals surface area contributed by atoms with Crippen molar-refractivity contribution in [1.29, 1.82) is 0 Å². The quantitative estimate of drug-likeness (QED) is 0.555. The third-order valence-electron chi connectivity index (χ3n) is 5.78. The van der Waals surface area contributed by atoms with Crippen LogP contribution in [0.1, 0.15) is 58.3 Å². The van der Waals surface area contributed by atoms with E-state index in [9.17, 15) is 4.79 Å². The van der Waals surface area contributed by atoms with Gasteiger partial charge in [0, 0.05) is 50.9 Å². The molecule has 32 heavy (non-hydrogen) atoms. The molecule has 1 amide bonds. The van der Waals surface area contributed by atoms with Crippen LogP contribution < -0.4 is 0 Å². The average molecular weight is 440 g/mol. The standard InChI is InChI=1S/C15H21N3O.C11H18.C2H6/c1-16-11-14(12-16)17-7-9-18(10-8-17)15(19)13-5-3-2-4-6-13;1-6-11(10(4)5)8-7-9(2)3;1-2/h2-6,14H,7-12H2,1H3;7-8H,2,6H2,1,3-5H3;1-2H3/b;8-7-;. The number of benzene rings is 1. The maximum Gasteiger partial charge on any atom is 0.253 e. The number of likely N-dealkylation sites (tertiary alicyclic amines) is 1. The second-order valence-corrected chi connectivity index (χ2v) is 8.63. The normalized spacial score (nSPS) is 16.9. The molecular weight excluding hydrogens is 394 g/mol. The van der Waals surface area contributed by atoms with Crippen LogP contribution in [0.15, 0.2) is 65.8 Å². The number of rotatable bonds is 5. The molecule has 0 atom stereocenters. The monoisotopic (exact) mass is 439 g/mol. The number of carbonyl (C=O) groups excluding carboxylic acids is 1. The van der Waals surface area contributed by atoms with Gasteiger partial charge in [0.25, 0.3) is 5.91 Å². The van der Waals surface area contributed by atoms with E-state index in [2.05, 4.69) is 56.3 Å². The Hall–Kier alpha value is -2.17. The molecule has 2 heterocycles. The van der Waals surface area contributed by atoms with Gasteiger partial charge in [-0.25, -0.2) is 0 Å². The molecule has 0 spiro atoms. The first-order valence-electron chi connectivity index (χ1n) is 12.1. The van der Waals surface area contributed by atoms with E-state index in [1.165, 1.54) is 24.2 Å².